The summed E-state index contributed by atoms with van der Waals surface area (Å²) in [5.41, 5.74) is 4.15. The largest absolute Gasteiger partial charge is 0.481 e. The third-order valence-electron chi connectivity index (χ3n) is 3.03. The monoisotopic (exact) mass is 303 g/mol. The lowest BCUT2D eigenvalue weighted by atomic mass is 10.1. The lowest BCUT2D eigenvalue weighted by Crippen LogP contribution is -2.03. The molecule has 6 heteroatoms. The average molecular weight is 303 g/mol. The number of carbonyl (C=O) groups is 1. The molecule has 0 unspecified atom stereocenters. The Hall–Kier alpha value is -2.08. The van der Waals surface area contributed by atoms with Crippen LogP contribution in [0.2, 0.25) is 0 Å². The number of aryl methyl sites for hydroxylation is 2. The van der Waals surface area contributed by atoms with Crippen LogP contribution in [0.3, 0.4) is 0 Å². The van der Waals surface area contributed by atoms with Crippen LogP contribution in [0, 0.1) is 20.8 Å². The predicted molar refractivity (Wildman–Crippen MR) is 84.3 cm³/mol. The number of anilines is 2. The Morgan fingerprint density at radius 1 is 1.29 bits per heavy atom. The van der Waals surface area contributed by atoms with Crippen LogP contribution in [0.5, 0.6) is 0 Å². The molecule has 0 aliphatic heterocycles. The van der Waals surface area contributed by atoms with Gasteiger partial charge in [0.05, 0.1) is 5.75 Å². The van der Waals surface area contributed by atoms with Crippen molar-refractivity contribution in [1.82, 2.24) is 9.97 Å². The first-order valence-electron chi connectivity index (χ1n) is 6.49. The summed E-state index contributed by atoms with van der Waals surface area (Å²) in [7, 11) is 0. The molecular weight excluding hydrogens is 286 g/mol. The molecule has 21 heavy (non-hydrogen) atoms. The van der Waals surface area contributed by atoms with Crippen molar-refractivity contribution < 1.29 is 9.90 Å². The van der Waals surface area contributed by atoms with Gasteiger partial charge in [0.15, 0.2) is 5.16 Å². The molecule has 0 aliphatic rings. The Labute approximate surface area is 127 Å². The number of hydrogen-bond donors (Lipinski definition) is 2. The Morgan fingerprint density at radius 3 is 2.76 bits per heavy atom. The molecule has 0 fully saturated rings. The van der Waals surface area contributed by atoms with E-state index in [1.165, 1.54) is 5.56 Å². The number of thioether (sulfide) groups is 1. The fraction of sp³-hybridized carbons (Fsp3) is 0.267. The summed E-state index contributed by atoms with van der Waals surface area (Å²) in [6.45, 7) is 5.96. The first-order chi connectivity index (χ1) is 9.95. The maximum Gasteiger partial charge on any atom is 0.313 e. The van der Waals surface area contributed by atoms with Gasteiger partial charge < -0.3 is 10.4 Å². The van der Waals surface area contributed by atoms with E-state index in [9.17, 15) is 4.79 Å². The van der Waals surface area contributed by atoms with Crippen molar-refractivity contribution in [2.75, 3.05) is 11.1 Å². The number of hydrogen-bond acceptors (Lipinski definition) is 5. The summed E-state index contributed by atoms with van der Waals surface area (Å²) in [4.78, 5) is 19.2. The van der Waals surface area contributed by atoms with Crippen molar-refractivity contribution in [3.8, 4) is 0 Å². The number of aliphatic carboxylic acids is 1. The third kappa shape index (κ3) is 4.19. The van der Waals surface area contributed by atoms with Crippen LogP contribution in [0.25, 0.3) is 0 Å². The van der Waals surface area contributed by atoms with Crippen LogP contribution in [-0.4, -0.2) is 26.8 Å². The molecule has 0 amide bonds. The molecule has 1 heterocycles. The van der Waals surface area contributed by atoms with Gasteiger partial charge in [0.1, 0.15) is 5.82 Å². The van der Waals surface area contributed by atoms with Gasteiger partial charge in [0.2, 0.25) is 0 Å². The van der Waals surface area contributed by atoms with E-state index in [1.807, 2.05) is 32.0 Å². The Bertz CT molecular complexity index is 674. The average Bonchev–Trinajstić information content (AvgIpc) is 2.41. The molecule has 5 nitrogen and oxygen atoms in total. The van der Waals surface area contributed by atoms with Gasteiger partial charge in [0, 0.05) is 17.4 Å². The number of carboxylic acid groups (broad SMARTS) is 1. The highest BCUT2D eigenvalue weighted by molar-refractivity contribution is 7.99. The molecule has 1 aromatic heterocycles. The molecular formula is C15H17N3O2S. The SMILES string of the molecule is Cc1cc(Nc2cccc(C)c2C)nc(SCC(=O)O)n1. The lowest BCUT2D eigenvalue weighted by molar-refractivity contribution is -0.133. The van der Waals surface area contributed by atoms with Gasteiger partial charge in [-0.25, -0.2) is 9.97 Å². The van der Waals surface area contributed by atoms with Crippen LogP contribution in [0.15, 0.2) is 29.4 Å². The summed E-state index contributed by atoms with van der Waals surface area (Å²) >= 11 is 1.11. The maximum atomic E-state index is 10.6. The number of nitrogens with one attached hydrogen (secondary N) is 1. The topological polar surface area (TPSA) is 75.1 Å². The van der Waals surface area contributed by atoms with Crippen LogP contribution in [0.1, 0.15) is 16.8 Å². The van der Waals surface area contributed by atoms with Crippen molar-refractivity contribution in [2.45, 2.75) is 25.9 Å². The minimum atomic E-state index is -0.880. The summed E-state index contributed by atoms with van der Waals surface area (Å²) in [5, 5.41) is 12.5. The van der Waals surface area contributed by atoms with Crippen molar-refractivity contribution in [3.05, 3.63) is 41.1 Å². The first kappa shape index (κ1) is 15.3. The lowest BCUT2D eigenvalue weighted by Gasteiger charge is -2.12. The summed E-state index contributed by atoms with van der Waals surface area (Å²) < 4.78 is 0. The van der Waals surface area contributed by atoms with Crippen LogP contribution in [-0.2, 0) is 4.79 Å². The van der Waals surface area contributed by atoms with Gasteiger partial charge >= 0.3 is 5.97 Å². The number of nitrogens with zero attached hydrogens (tertiary/aromatic N) is 2. The molecule has 0 radical (unpaired) electrons. The third-order valence-corrected chi connectivity index (χ3v) is 3.86. The second-order valence-electron chi connectivity index (χ2n) is 4.73. The zero-order chi connectivity index (χ0) is 15.4. The Morgan fingerprint density at radius 2 is 2.05 bits per heavy atom. The smallest absolute Gasteiger partial charge is 0.313 e. The maximum absolute atomic E-state index is 10.6. The van der Waals surface area contributed by atoms with Crippen molar-refractivity contribution in [3.63, 3.8) is 0 Å². The van der Waals surface area contributed by atoms with E-state index < -0.39 is 5.97 Å². The number of carboxylic acids is 1. The Balaban J connectivity index is 2.23. The van der Waals surface area contributed by atoms with E-state index in [1.54, 1.807) is 0 Å². The zero-order valence-electron chi connectivity index (χ0n) is 12.2. The molecule has 2 aromatic rings. The van der Waals surface area contributed by atoms with Crippen LogP contribution < -0.4 is 5.32 Å². The zero-order valence-corrected chi connectivity index (χ0v) is 13.0. The minimum Gasteiger partial charge on any atom is -0.481 e. The van der Waals surface area contributed by atoms with Crippen LogP contribution in [0.4, 0.5) is 11.5 Å². The van der Waals surface area contributed by atoms with Gasteiger partial charge in [-0.1, -0.05) is 23.9 Å². The Kier molecular flexibility index (Phi) is 4.80. The van der Waals surface area contributed by atoms with E-state index in [0.29, 0.717) is 11.0 Å². The van der Waals surface area contributed by atoms with Gasteiger partial charge in [-0.05, 0) is 38.0 Å². The summed E-state index contributed by atoms with van der Waals surface area (Å²) in [6, 6.07) is 7.87. The molecule has 0 saturated carbocycles. The second kappa shape index (κ2) is 6.58. The highest BCUT2D eigenvalue weighted by Gasteiger charge is 2.07. The molecule has 2 N–H and O–H groups in total. The van der Waals surface area contributed by atoms with Crippen molar-refractivity contribution in [1.29, 1.82) is 0 Å². The highest BCUT2D eigenvalue weighted by Crippen LogP contribution is 2.23. The van der Waals surface area contributed by atoms with E-state index in [2.05, 4.69) is 28.3 Å². The quantitative estimate of drug-likeness (QED) is 0.652. The van der Waals surface area contributed by atoms with E-state index in [0.717, 1.165) is 28.7 Å². The summed E-state index contributed by atoms with van der Waals surface area (Å²) in [6.07, 6.45) is 0. The van der Waals surface area contributed by atoms with Gasteiger partial charge in [-0.15, -0.1) is 0 Å². The molecule has 1 aromatic carbocycles. The molecule has 2 rings (SSSR count). The highest BCUT2D eigenvalue weighted by atomic mass is 32.2. The predicted octanol–water partition coefficient (Wildman–Crippen LogP) is 3.32. The number of rotatable bonds is 5. The minimum absolute atomic E-state index is 0.0492. The molecule has 0 spiro atoms. The van der Waals surface area contributed by atoms with Gasteiger partial charge in [-0.2, -0.15) is 0 Å². The molecule has 0 atom stereocenters. The summed E-state index contributed by atoms with van der Waals surface area (Å²) in [5.74, 6) is -0.259. The molecule has 110 valence electrons. The molecule has 0 bridgehead atoms. The standard InChI is InChI=1S/C15H17N3O2S/c1-9-5-4-6-12(11(9)3)17-13-7-10(2)16-15(18-13)21-8-14(19)20/h4-7H,8H2,1-3H3,(H,19,20)(H,16,17,18). The molecule has 0 aliphatic carbocycles. The van der Waals surface area contributed by atoms with Crippen molar-refractivity contribution >= 4 is 29.2 Å². The van der Waals surface area contributed by atoms with Crippen LogP contribution >= 0.6 is 11.8 Å². The van der Waals surface area contributed by atoms with E-state index in [4.69, 9.17) is 5.11 Å². The van der Waals surface area contributed by atoms with Gasteiger partial charge in [-0.3, -0.25) is 4.79 Å². The van der Waals surface area contributed by atoms with E-state index >= 15 is 0 Å². The fourth-order valence-corrected chi connectivity index (χ4v) is 2.44. The van der Waals surface area contributed by atoms with Gasteiger partial charge in [0.25, 0.3) is 0 Å². The second-order valence-corrected chi connectivity index (χ2v) is 5.67. The fourth-order valence-electron chi connectivity index (χ4n) is 1.82. The first-order valence-corrected chi connectivity index (χ1v) is 7.48. The molecule has 0 saturated heterocycles. The normalized spacial score (nSPS) is 10.4. The van der Waals surface area contributed by atoms with Crippen molar-refractivity contribution in [2.24, 2.45) is 0 Å². The number of benzene rings is 1. The number of aromatic nitrogens is 2. The van der Waals surface area contributed by atoms with E-state index in [-0.39, 0.29) is 5.75 Å².